The maximum Gasteiger partial charge on any atom is 0.251 e. The van der Waals surface area contributed by atoms with Gasteiger partial charge in [-0.25, -0.2) is 9.67 Å². The third-order valence-corrected chi connectivity index (χ3v) is 5.18. The maximum absolute atomic E-state index is 12.6. The number of nitrogens with one attached hydrogen (secondary N) is 1. The van der Waals surface area contributed by atoms with Gasteiger partial charge in [0.05, 0.1) is 6.54 Å². The summed E-state index contributed by atoms with van der Waals surface area (Å²) in [5.74, 6) is -0.0525. The average molecular weight is 375 g/mol. The molecule has 1 aliphatic rings. The van der Waals surface area contributed by atoms with Gasteiger partial charge in [-0.1, -0.05) is 36.4 Å². The summed E-state index contributed by atoms with van der Waals surface area (Å²) in [6, 6.07) is 16.0. The molecule has 1 fully saturated rings. The van der Waals surface area contributed by atoms with Crippen molar-refractivity contribution in [1.82, 2.24) is 25.0 Å². The zero-order chi connectivity index (χ0) is 19.2. The van der Waals surface area contributed by atoms with Crippen molar-refractivity contribution in [3.63, 3.8) is 0 Å². The number of hydrogen-bond acceptors (Lipinski definition) is 4. The van der Waals surface area contributed by atoms with Crippen LogP contribution in [0.1, 0.15) is 39.9 Å². The Morgan fingerprint density at radius 3 is 2.43 bits per heavy atom. The van der Waals surface area contributed by atoms with Crippen LogP contribution in [0, 0.1) is 0 Å². The molecule has 3 aromatic rings. The number of benzene rings is 2. The molecular formula is C22H25N5O. The van der Waals surface area contributed by atoms with Crippen LogP contribution in [0.25, 0.3) is 0 Å². The minimum Gasteiger partial charge on any atom is -0.348 e. The average Bonchev–Trinajstić information content (AvgIpc) is 3.42. The standard InChI is InChI=1S/C22H25N5O/c28-22(19-9-7-18(8-10-19)14-27-17-23-16-25-27)24-13-20-5-1-2-6-21(20)15-26-11-3-4-12-26/h1-2,5-10,16-17H,3-4,11-15H2,(H,24,28). The van der Waals surface area contributed by atoms with E-state index in [2.05, 4.69) is 38.5 Å². The molecule has 0 atom stereocenters. The normalized spacial score (nSPS) is 14.3. The Bertz CT molecular complexity index is 899. The van der Waals surface area contributed by atoms with Gasteiger partial charge in [0.25, 0.3) is 5.91 Å². The van der Waals surface area contributed by atoms with Crippen LogP contribution in [0.2, 0.25) is 0 Å². The van der Waals surface area contributed by atoms with Crippen LogP contribution in [0.4, 0.5) is 0 Å². The van der Waals surface area contributed by atoms with E-state index in [1.807, 2.05) is 30.3 Å². The number of nitrogens with zero attached hydrogens (tertiary/aromatic N) is 4. The quantitative estimate of drug-likeness (QED) is 0.690. The van der Waals surface area contributed by atoms with E-state index in [0.29, 0.717) is 18.7 Å². The third kappa shape index (κ3) is 4.64. The molecule has 1 aromatic heterocycles. The van der Waals surface area contributed by atoms with Crippen LogP contribution >= 0.6 is 0 Å². The molecule has 0 spiro atoms. The van der Waals surface area contributed by atoms with E-state index in [1.54, 1.807) is 11.0 Å². The Hall–Kier alpha value is -2.99. The Morgan fingerprint density at radius 2 is 1.71 bits per heavy atom. The van der Waals surface area contributed by atoms with Gasteiger partial charge < -0.3 is 5.32 Å². The van der Waals surface area contributed by atoms with Crippen molar-refractivity contribution in [1.29, 1.82) is 0 Å². The highest BCUT2D eigenvalue weighted by Gasteiger charge is 2.14. The number of hydrogen-bond donors (Lipinski definition) is 1. The lowest BCUT2D eigenvalue weighted by Gasteiger charge is -2.17. The summed E-state index contributed by atoms with van der Waals surface area (Å²) in [6.45, 7) is 4.49. The molecule has 4 rings (SSSR count). The van der Waals surface area contributed by atoms with Gasteiger partial charge in [-0.05, 0) is 54.8 Å². The van der Waals surface area contributed by atoms with Crippen LogP contribution < -0.4 is 5.32 Å². The summed E-state index contributed by atoms with van der Waals surface area (Å²) in [4.78, 5) is 19.0. The predicted octanol–water partition coefficient (Wildman–Crippen LogP) is 2.85. The Labute approximate surface area is 165 Å². The second-order valence-electron chi connectivity index (χ2n) is 7.22. The van der Waals surface area contributed by atoms with Crippen LogP contribution in [-0.4, -0.2) is 38.7 Å². The number of carbonyl (C=O) groups is 1. The Balaban J connectivity index is 1.35. The number of carbonyl (C=O) groups excluding carboxylic acids is 1. The lowest BCUT2D eigenvalue weighted by molar-refractivity contribution is 0.0950. The first-order chi connectivity index (χ1) is 13.8. The SMILES string of the molecule is O=C(NCc1ccccc1CN1CCCC1)c1ccc(Cn2cncn2)cc1. The van der Waals surface area contributed by atoms with E-state index < -0.39 is 0 Å². The van der Waals surface area contributed by atoms with E-state index in [1.165, 1.54) is 43.4 Å². The summed E-state index contributed by atoms with van der Waals surface area (Å²) < 4.78 is 1.76. The van der Waals surface area contributed by atoms with Gasteiger partial charge in [0.1, 0.15) is 12.7 Å². The lowest BCUT2D eigenvalue weighted by Crippen LogP contribution is -2.25. The van der Waals surface area contributed by atoms with Gasteiger partial charge in [0.2, 0.25) is 0 Å². The second kappa shape index (κ2) is 8.80. The molecule has 1 saturated heterocycles. The number of rotatable bonds is 7. The van der Waals surface area contributed by atoms with Crippen LogP contribution in [0.3, 0.4) is 0 Å². The number of amides is 1. The molecule has 0 saturated carbocycles. The maximum atomic E-state index is 12.6. The highest BCUT2D eigenvalue weighted by atomic mass is 16.1. The summed E-state index contributed by atoms with van der Waals surface area (Å²) in [5.41, 5.74) is 4.23. The molecule has 2 heterocycles. The number of likely N-dealkylation sites (tertiary alicyclic amines) is 1. The third-order valence-electron chi connectivity index (χ3n) is 5.18. The van der Waals surface area contributed by atoms with Crippen LogP contribution in [-0.2, 0) is 19.6 Å². The molecule has 1 amide bonds. The summed E-state index contributed by atoms with van der Waals surface area (Å²) in [5, 5.41) is 7.16. The largest absolute Gasteiger partial charge is 0.348 e. The first kappa shape index (κ1) is 18.4. The van der Waals surface area contributed by atoms with Crippen LogP contribution in [0.15, 0.2) is 61.2 Å². The highest BCUT2D eigenvalue weighted by Crippen LogP contribution is 2.16. The first-order valence-corrected chi connectivity index (χ1v) is 9.76. The van der Waals surface area contributed by atoms with Crippen molar-refractivity contribution < 1.29 is 4.79 Å². The molecule has 0 unspecified atom stereocenters. The summed E-state index contributed by atoms with van der Waals surface area (Å²) in [7, 11) is 0. The smallest absolute Gasteiger partial charge is 0.251 e. The predicted molar refractivity (Wildman–Crippen MR) is 108 cm³/mol. The van der Waals surface area contributed by atoms with Crippen molar-refractivity contribution in [2.24, 2.45) is 0 Å². The topological polar surface area (TPSA) is 63.1 Å². The van der Waals surface area contributed by atoms with Gasteiger partial charge in [0, 0.05) is 18.7 Å². The van der Waals surface area contributed by atoms with Crippen LogP contribution in [0.5, 0.6) is 0 Å². The minimum atomic E-state index is -0.0525. The first-order valence-electron chi connectivity index (χ1n) is 9.76. The van der Waals surface area contributed by atoms with Gasteiger partial charge >= 0.3 is 0 Å². The van der Waals surface area contributed by atoms with Gasteiger partial charge in [-0.2, -0.15) is 5.10 Å². The zero-order valence-corrected chi connectivity index (χ0v) is 15.9. The fourth-order valence-electron chi connectivity index (χ4n) is 3.61. The van der Waals surface area contributed by atoms with E-state index >= 15 is 0 Å². The highest BCUT2D eigenvalue weighted by molar-refractivity contribution is 5.94. The van der Waals surface area contributed by atoms with Crippen molar-refractivity contribution in [3.05, 3.63) is 83.4 Å². The molecule has 0 radical (unpaired) electrons. The van der Waals surface area contributed by atoms with E-state index in [-0.39, 0.29) is 5.91 Å². The van der Waals surface area contributed by atoms with E-state index in [4.69, 9.17) is 0 Å². The van der Waals surface area contributed by atoms with Crippen molar-refractivity contribution in [3.8, 4) is 0 Å². The molecule has 1 aliphatic heterocycles. The fourth-order valence-corrected chi connectivity index (χ4v) is 3.61. The minimum absolute atomic E-state index is 0.0525. The Morgan fingerprint density at radius 1 is 0.964 bits per heavy atom. The van der Waals surface area contributed by atoms with Crippen molar-refractivity contribution >= 4 is 5.91 Å². The molecule has 6 nitrogen and oxygen atoms in total. The molecule has 0 aliphatic carbocycles. The van der Waals surface area contributed by atoms with E-state index in [9.17, 15) is 4.79 Å². The number of aromatic nitrogens is 3. The molecule has 28 heavy (non-hydrogen) atoms. The fraction of sp³-hybridized carbons (Fsp3) is 0.318. The summed E-state index contributed by atoms with van der Waals surface area (Å²) in [6.07, 6.45) is 5.77. The molecule has 6 heteroatoms. The van der Waals surface area contributed by atoms with Gasteiger partial charge in [-0.15, -0.1) is 0 Å². The second-order valence-corrected chi connectivity index (χ2v) is 7.22. The molecule has 1 N–H and O–H groups in total. The van der Waals surface area contributed by atoms with Gasteiger partial charge in [-0.3, -0.25) is 9.69 Å². The molecule has 0 bridgehead atoms. The zero-order valence-electron chi connectivity index (χ0n) is 15.9. The molecule has 2 aromatic carbocycles. The van der Waals surface area contributed by atoms with Crippen molar-refractivity contribution in [2.75, 3.05) is 13.1 Å². The Kier molecular flexibility index (Phi) is 5.77. The monoisotopic (exact) mass is 375 g/mol. The lowest BCUT2D eigenvalue weighted by atomic mass is 10.1. The molecular weight excluding hydrogens is 350 g/mol. The van der Waals surface area contributed by atoms with E-state index in [0.717, 1.165) is 12.1 Å². The molecule has 144 valence electrons. The summed E-state index contributed by atoms with van der Waals surface area (Å²) >= 11 is 0. The van der Waals surface area contributed by atoms with Gasteiger partial charge in [0.15, 0.2) is 0 Å². The van der Waals surface area contributed by atoms with Crippen molar-refractivity contribution in [2.45, 2.75) is 32.5 Å².